The molecule has 0 radical (unpaired) electrons. The fourth-order valence-corrected chi connectivity index (χ4v) is 3.52. The molecular weight excluding hydrogens is 290 g/mol. The van der Waals surface area contributed by atoms with Gasteiger partial charge < -0.3 is 15.0 Å². The lowest BCUT2D eigenvalue weighted by atomic mass is 10.1. The summed E-state index contributed by atoms with van der Waals surface area (Å²) < 4.78 is 8.12. The Morgan fingerprint density at radius 3 is 2.83 bits per heavy atom. The van der Waals surface area contributed by atoms with Crippen molar-refractivity contribution >= 4 is 16.9 Å². The molecule has 1 unspecified atom stereocenters. The van der Waals surface area contributed by atoms with Crippen molar-refractivity contribution in [2.45, 2.75) is 58.1 Å². The molecule has 1 saturated heterocycles. The molecular formula is C18H25N3O2. The third kappa shape index (κ3) is 3.11. The summed E-state index contributed by atoms with van der Waals surface area (Å²) in [5, 5.41) is 0. The lowest BCUT2D eigenvalue weighted by Gasteiger charge is -2.20. The molecule has 0 bridgehead atoms. The first-order valence-electron chi connectivity index (χ1n) is 8.56. The molecule has 5 nitrogen and oxygen atoms in total. The number of carbonyl (C=O) groups excluding carboxylic acids is 1. The normalized spacial score (nSPS) is 18.1. The molecule has 0 saturated carbocycles. The number of hydrogen-bond donors (Lipinski definition) is 1. The predicted octanol–water partition coefficient (Wildman–Crippen LogP) is 3.22. The highest BCUT2D eigenvalue weighted by atomic mass is 16.5. The Morgan fingerprint density at radius 2 is 2.22 bits per heavy atom. The first-order valence-corrected chi connectivity index (χ1v) is 8.56. The summed E-state index contributed by atoms with van der Waals surface area (Å²) in [5.74, 6) is 0.645. The van der Waals surface area contributed by atoms with Gasteiger partial charge in [-0.15, -0.1) is 0 Å². The molecule has 2 heterocycles. The van der Waals surface area contributed by atoms with E-state index in [1.807, 2.05) is 6.07 Å². The number of fused-ring (bicyclic) bond motifs is 1. The van der Waals surface area contributed by atoms with Gasteiger partial charge in [0.2, 0.25) is 5.91 Å². The topological polar surface area (TPSA) is 70.1 Å². The van der Waals surface area contributed by atoms with Crippen molar-refractivity contribution in [3.05, 3.63) is 29.6 Å². The Balaban J connectivity index is 2.07. The Morgan fingerprint density at radius 1 is 1.43 bits per heavy atom. The van der Waals surface area contributed by atoms with Crippen molar-refractivity contribution in [3.8, 4) is 0 Å². The van der Waals surface area contributed by atoms with E-state index in [9.17, 15) is 4.79 Å². The maximum absolute atomic E-state index is 11.4. The third-order valence-corrected chi connectivity index (χ3v) is 4.79. The van der Waals surface area contributed by atoms with E-state index in [0.29, 0.717) is 11.6 Å². The molecule has 1 aliphatic rings. The second kappa shape index (κ2) is 6.71. The van der Waals surface area contributed by atoms with Gasteiger partial charge in [0.05, 0.1) is 17.1 Å². The summed E-state index contributed by atoms with van der Waals surface area (Å²) in [6, 6.07) is 5.98. The molecule has 0 aliphatic carbocycles. The van der Waals surface area contributed by atoms with E-state index < -0.39 is 5.91 Å². The molecule has 23 heavy (non-hydrogen) atoms. The number of carbonyl (C=O) groups is 1. The molecule has 0 spiro atoms. The molecule has 1 amide bonds. The van der Waals surface area contributed by atoms with Gasteiger partial charge in [0.1, 0.15) is 5.82 Å². The average molecular weight is 315 g/mol. The standard InChI is InChI=1S/C18H25N3O2/c1-3-13(4-2)21-16-8-7-12(18(19)22)10-15(16)20-17(21)11-14-6-5-9-23-14/h7-8,10,13-14H,3-6,9,11H2,1-2H3,(H2,19,22). The van der Waals surface area contributed by atoms with Crippen LogP contribution in [0.4, 0.5) is 0 Å². The molecule has 5 heteroatoms. The molecule has 1 aliphatic heterocycles. The van der Waals surface area contributed by atoms with E-state index in [1.54, 1.807) is 12.1 Å². The van der Waals surface area contributed by atoms with Crippen LogP contribution in [0.1, 0.15) is 61.8 Å². The first kappa shape index (κ1) is 16.0. The van der Waals surface area contributed by atoms with Crippen LogP contribution in [0.5, 0.6) is 0 Å². The van der Waals surface area contributed by atoms with Gasteiger partial charge in [-0.2, -0.15) is 0 Å². The fraction of sp³-hybridized carbons (Fsp3) is 0.556. The van der Waals surface area contributed by atoms with Gasteiger partial charge in [0.15, 0.2) is 0 Å². The summed E-state index contributed by atoms with van der Waals surface area (Å²) in [7, 11) is 0. The highest BCUT2D eigenvalue weighted by Crippen LogP contribution is 2.28. The van der Waals surface area contributed by atoms with Gasteiger partial charge in [-0.3, -0.25) is 4.79 Å². The van der Waals surface area contributed by atoms with E-state index in [-0.39, 0.29) is 6.10 Å². The lowest BCUT2D eigenvalue weighted by Crippen LogP contribution is -2.17. The number of primary amides is 1. The van der Waals surface area contributed by atoms with Crippen LogP contribution in [0.2, 0.25) is 0 Å². The number of hydrogen-bond acceptors (Lipinski definition) is 3. The minimum atomic E-state index is -0.412. The largest absolute Gasteiger partial charge is 0.378 e. The average Bonchev–Trinajstić information content (AvgIpc) is 3.16. The van der Waals surface area contributed by atoms with Crippen LogP contribution in [0.3, 0.4) is 0 Å². The Kier molecular flexibility index (Phi) is 4.66. The van der Waals surface area contributed by atoms with Crippen LogP contribution in [0, 0.1) is 0 Å². The van der Waals surface area contributed by atoms with Crippen LogP contribution in [0.25, 0.3) is 11.0 Å². The Bertz CT molecular complexity index is 698. The van der Waals surface area contributed by atoms with Crippen molar-refractivity contribution in [2.75, 3.05) is 6.61 Å². The number of rotatable bonds is 6. The quantitative estimate of drug-likeness (QED) is 0.889. The fourth-order valence-electron chi connectivity index (χ4n) is 3.52. The zero-order valence-electron chi connectivity index (χ0n) is 13.9. The molecule has 1 aromatic heterocycles. The summed E-state index contributed by atoms with van der Waals surface area (Å²) >= 11 is 0. The summed E-state index contributed by atoms with van der Waals surface area (Å²) in [6.07, 6.45) is 5.42. The van der Waals surface area contributed by atoms with Crippen molar-refractivity contribution in [3.63, 3.8) is 0 Å². The Labute approximate surface area is 136 Å². The number of nitrogens with zero attached hydrogens (tertiary/aromatic N) is 2. The molecule has 124 valence electrons. The van der Waals surface area contributed by atoms with Gasteiger partial charge in [-0.05, 0) is 43.9 Å². The van der Waals surface area contributed by atoms with Crippen molar-refractivity contribution in [1.82, 2.24) is 9.55 Å². The summed E-state index contributed by atoms with van der Waals surface area (Å²) in [6.45, 7) is 5.25. The van der Waals surface area contributed by atoms with E-state index in [1.165, 1.54) is 0 Å². The molecule has 1 fully saturated rings. The first-order chi connectivity index (χ1) is 11.1. The lowest BCUT2D eigenvalue weighted by molar-refractivity contribution is 0.1000. The van der Waals surface area contributed by atoms with Crippen LogP contribution in [-0.2, 0) is 11.2 Å². The second-order valence-electron chi connectivity index (χ2n) is 6.28. The highest BCUT2D eigenvalue weighted by molar-refractivity contribution is 5.96. The van der Waals surface area contributed by atoms with E-state index in [0.717, 1.165) is 55.6 Å². The molecule has 2 N–H and O–H groups in total. The minimum absolute atomic E-state index is 0.260. The second-order valence-corrected chi connectivity index (χ2v) is 6.28. The maximum atomic E-state index is 11.4. The van der Waals surface area contributed by atoms with Crippen molar-refractivity contribution in [2.24, 2.45) is 5.73 Å². The molecule has 2 aromatic rings. The van der Waals surface area contributed by atoms with Gasteiger partial charge in [-0.1, -0.05) is 13.8 Å². The molecule has 1 aromatic carbocycles. The third-order valence-electron chi connectivity index (χ3n) is 4.79. The Hall–Kier alpha value is -1.88. The number of aromatic nitrogens is 2. The van der Waals surface area contributed by atoms with Crippen LogP contribution in [0.15, 0.2) is 18.2 Å². The number of imidazole rings is 1. The number of amides is 1. The van der Waals surface area contributed by atoms with Gasteiger partial charge >= 0.3 is 0 Å². The highest BCUT2D eigenvalue weighted by Gasteiger charge is 2.23. The summed E-state index contributed by atoms with van der Waals surface area (Å²) in [5.41, 5.74) is 7.84. The van der Waals surface area contributed by atoms with Crippen LogP contribution in [-0.4, -0.2) is 28.2 Å². The van der Waals surface area contributed by atoms with E-state index >= 15 is 0 Å². The summed E-state index contributed by atoms with van der Waals surface area (Å²) in [4.78, 5) is 16.2. The van der Waals surface area contributed by atoms with Gasteiger partial charge in [0, 0.05) is 24.6 Å². The molecule has 3 rings (SSSR count). The molecule has 1 atom stereocenters. The minimum Gasteiger partial charge on any atom is -0.378 e. The van der Waals surface area contributed by atoms with E-state index in [2.05, 4.69) is 18.4 Å². The number of ether oxygens (including phenoxy) is 1. The number of benzene rings is 1. The maximum Gasteiger partial charge on any atom is 0.248 e. The van der Waals surface area contributed by atoms with Crippen LogP contribution < -0.4 is 5.73 Å². The monoisotopic (exact) mass is 315 g/mol. The smallest absolute Gasteiger partial charge is 0.248 e. The van der Waals surface area contributed by atoms with Crippen molar-refractivity contribution < 1.29 is 9.53 Å². The van der Waals surface area contributed by atoms with Gasteiger partial charge in [0.25, 0.3) is 0 Å². The number of nitrogens with two attached hydrogens (primary N) is 1. The zero-order valence-corrected chi connectivity index (χ0v) is 13.9. The SMILES string of the molecule is CCC(CC)n1c(CC2CCCO2)nc2cc(C(N)=O)ccc21. The van der Waals surface area contributed by atoms with E-state index in [4.69, 9.17) is 15.5 Å². The van der Waals surface area contributed by atoms with Crippen LogP contribution >= 0.6 is 0 Å². The predicted molar refractivity (Wildman–Crippen MR) is 90.5 cm³/mol. The van der Waals surface area contributed by atoms with Crippen molar-refractivity contribution in [1.29, 1.82) is 0 Å². The van der Waals surface area contributed by atoms with Gasteiger partial charge in [-0.25, -0.2) is 4.98 Å². The zero-order chi connectivity index (χ0) is 16.4.